The summed E-state index contributed by atoms with van der Waals surface area (Å²) < 4.78 is 32.4. The van der Waals surface area contributed by atoms with Crippen LogP contribution in [0.3, 0.4) is 0 Å². The molecule has 5 nitrogen and oxygen atoms in total. The number of furan rings is 1. The molecule has 18 heavy (non-hydrogen) atoms. The lowest BCUT2D eigenvalue weighted by molar-refractivity contribution is 0.461. The minimum absolute atomic E-state index is 0.130. The monoisotopic (exact) mass is 338 g/mol. The van der Waals surface area contributed by atoms with E-state index in [-0.39, 0.29) is 9.56 Å². The van der Waals surface area contributed by atoms with Gasteiger partial charge in [-0.05, 0) is 43.2 Å². The van der Waals surface area contributed by atoms with Crippen molar-refractivity contribution in [1.82, 2.24) is 10.0 Å². The molecule has 1 aromatic rings. The largest absolute Gasteiger partial charge is 0.452 e. The zero-order valence-corrected chi connectivity index (χ0v) is 13.4. The summed E-state index contributed by atoms with van der Waals surface area (Å²) in [6.45, 7) is 8.63. The summed E-state index contributed by atoms with van der Waals surface area (Å²) in [6.07, 6.45) is 0. The second-order valence-corrected chi connectivity index (χ2v) is 7.36. The van der Waals surface area contributed by atoms with E-state index in [4.69, 9.17) is 4.42 Å². The standard InChI is InChI=1S/C11H19BrN2O3S/c1-5-13-7-8-6-9(10(12)17-8)18(15,16)14-11(2,3)4/h6,13-14H,5,7H2,1-4H3. The molecule has 1 rings (SSSR count). The van der Waals surface area contributed by atoms with Crippen molar-refractivity contribution in [1.29, 1.82) is 0 Å². The maximum Gasteiger partial charge on any atom is 0.245 e. The minimum Gasteiger partial charge on any atom is -0.452 e. The molecule has 104 valence electrons. The van der Waals surface area contributed by atoms with E-state index in [0.29, 0.717) is 12.3 Å². The highest BCUT2D eigenvalue weighted by molar-refractivity contribution is 9.10. The van der Waals surface area contributed by atoms with Gasteiger partial charge in [0.2, 0.25) is 10.0 Å². The second-order valence-electron chi connectivity index (χ2n) is 4.99. The molecule has 0 fully saturated rings. The Morgan fingerprint density at radius 3 is 2.50 bits per heavy atom. The first-order chi connectivity index (χ1) is 8.15. The fourth-order valence-electron chi connectivity index (χ4n) is 1.37. The molecule has 0 bridgehead atoms. The van der Waals surface area contributed by atoms with E-state index in [1.54, 1.807) is 20.8 Å². The van der Waals surface area contributed by atoms with Crippen LogP contribution in [0.4, 0.5) is 0 Å². The summed E-state index contributed by atoms with van der Waals surface area (Å²) in [5, 5.41) is 3.07. The van der Waals surface area contributed by atoms with Gasteiger partial charge >= 0.3 is 0 Å². The lowest BCUT2D eigenvalue weighted by atomic mass is 10.1. The fourth-order valence-corrected chi connectivity index (χ4v) is 3.79. The first kappa shape index (κ1) is 15.7. The number of rotatable bonds is 5. The van der Waals surface area contributed by atoms with Crippen molar-refractivity contribution in [3.05, 3.63) is 16.5 Å². The molecule has 0 aliphatic heterocycles. The topological polar surface area (TPSA) is 71.3 Å². The highest BCUT2D eigenvalue weighted by Gasteiger charge is 2.26. The van der Waals surface area contributed by atoms with Crippen LogP contribution in [0.1, 0.15) is 33.5 Å². The van der Waals surface area contributed by atoms with Crippen LogP contribution in [-0.2, 0) is 16.6 Å². The van der Waals surface area contributed by atoms with E-state index in [1.165, 1.54) is 6.07 Å². The molecular formula is C11H19BrN2O3S. The van der Waals surface area contributed by atoms with Gasteiger partial charge < -0.3 is 9.73 Å². The predicted octanol–water partition coefficient (Wildman–Crippen LogP) is 2.23. The maximum atomic E-state index is 12.1. The molecule has 0 aliphatic carbocycles. The molecule has 0 aromatic carbocycles. The summed E-state index contributed by atoms with van der Waals surface area (Å²) >= 11 is 3.14. The molecule has 0 atom stereocenters. The summed E-state index contributed by atoms with van der Waals surface area (Å²) in [7, 11) is -3.57. The fraction of sp³-hybridized carbons (Fsp3) is 0.636. The summed E-state index contributed by atoms with van der Waals surface area (Å²) in [5.74, 6) is 0.581. The van der Waals surface area contributed by atoms with Crippen molar-refractivity contribution in [2.24, 2.45) is 0 Å². The van der Waals surface area contributed by atoms with Crippen LogP contribution in [0.15, 0.2) is 20.0 Å². The second kappa shape index (κ2) is 5.73. The van der Waals surface area contributed by atoms with Crippen LogP contribution >= 0.6 is 15.9 Å². The average Bonchev–Trinajstić information content (AvgIpc) is 2.53. The smallest absolute Gasteiger partial charge is 0.245 e. The first-order valence-electron chi connectivity index (χ1n) is 5.68. The van der Waals surface area contributed by atoms with Gasteiger partial charge in [-0.15, -0.1) is 0 Å². The molecule has 0 aliphatic rings. The van der Waals surface area contributed by atoms with Gasteiger partial charge in [0.15, 0.2) is 4.67 Å². The summed E-state index contributed by atoms with van der Waals surface area (Å²) in [5.41, 5.74) is -0.530. The third kappa shape index (κ3) is 4.38. The Labute approximate surface area is 117 Å². The molecule has 0 saturated carbocycles. The molecule has 0 unspecified atom stereocenters. The normalized spacial score (nSPS) is 12.9. The zero-order valence-electron chi connectivity index (χ0n) is 11.0. The zero-order chi connectivity index (χ0) is 14.0. The summed E-state index contributed by atoms with van der Waals surface area (Å²) in [4.78, 5) is 0.130. The van der Waals surface area contributed by atoms with Crippen LogP contribution in [0.5, 0.6) is 0 Å². The van der Waals surface area contributed by atoms with Gasteiger partial charge in [0.05, 0.1) is 6.54 Å². The van der Waals surface area contributed by atoms with E-state index in [9.17, 15) is 8.42 Å². The lowest BCUT2D eigenvalue weighted by Crippen LogP contribution is -2.40. The Bertz CT molecular complexity index is 503. The van der Waals surface area contributed by atoms with Gasteiger partial charge in [-0.1, -0.05) is 6.92 Å². The van der Waals surface area contributed by atoms with E-state index < -0.39 is 15.6 Å². The van der Waals surface area contributed by atoms with Gasteiger partial charge in [-0.3, -0.25) is 0 Å². The lowest BCUT2D eigenvalue weighted by Gasteiger charge is -2.19. The van der Waals surface area contributed by atoms with Crippen molar-refractivity contribution in [2.45, 2.75) is 44.7 Å². The number of nitrogens with one attached hydrogen (secondary N) is 2. The highest BCUT2D eigenvalue weighted by atomic mass is 79.9. The third-order valence-corrected chi connectivity index (χ3v) is 4.60. The Balaban J connectivity index is 2.99. The minimum atomic E-state index is -3.57. The molecule has 2 N–H and O–H groups in total. The van der Waals surface area contributed by atoms with Gasteiger partial charge in [-0.2, -0.15) is 0 Å². The molecule has 1 heterocycles. The van der Waals surface area contributed by atoms with Gasteiger partial charge in [0.1, 0.15) is 10.7 Å². The summed E-state index contributed by atoms with van der Waals surface area (Å²) in [6, 6.07) is 1.53. The van der Waals surface area contributed by atoms with Crippen LogP contribution in [0.25, 0.3) is 0 Å². The molecule has 7 heteroatoms. The Morgan fingerprint density at radius 1 is 1.39 bits per heavy atom. The quantitative estimate of drug-likeness (QED) is 0.863. The number of hydrogen-bond acceptors (Lipinski definition) is 4. The molecule has 0 amide bonds. The van der Waals surface area contributed by atoms with Crippen LogP contribution < -0.4 is 10.0 Å². The van der Waals surface area contributed by atoms with Crippen LogP contribution in [-0.4, -0.2) is 20.5 Å². The van der Waals surface area contributed by atoms with E-state index >= 15 is 0 Å². The Kier molecular flexibility index (Phi) is 4.99. The number of hydrogen-bond donors (Lipinski definition) is 2. The van der Waals surface area contributed by atoms with Crippen molar-refractivity contribution >= 4 is 26.0 Å². The Hall–Kier alpha value is -0.370. The van der Waals surface area contributed by atoms with Crippen molar-refractivity contribution < 1.29 is 12.8 Å². The van der Waals surface area contributed by atoms with Gasteiger partial charge in [0.25, 0.3) is 0 Å². The Morgan fingerprint density at radius 2 is 2.00 bits per heavy atom. The van der Waals surface area contributed by atoms with Gasteiger partial charge in [0, 0.05) is 11.6 Å². The van der Waals surface area contributed by atoms with E-state index in [0.717, 1.165) is 6.54 Å². The third-order valence-electron chi connectivity index (χ3n) is 1.99. The molecule has 0 saturated heterocycles. The predicted molar refractivity (Wildman–Crippen MR) is 73.9 cm³/mol. The SMILES string of the molecule is CCNCc1cc(S(=O)(=O)NC(C)(C)C)c(Br)o1. The van der Waals surface area contributed by atoms with Crippen molar-refractivity contribution in [2.75, 3.05) is 6.54 Å². The van der Waals surface area contributed by atoms with E-state index in [2.05, 4.69) is 26.0 Å². The first-order valence-corrected chi connectivity index (χ1v) is 7.96. The van der Waals surface area contributed by atoms with Crippen molar-refractivity contribution in [3.63, 3.8) is 0 Å². The number of sulfonamides is 1. The number of halogens is 1. The van der Waals surface area contributed by atoms with Crippen LogP contribution in [0, 0.1) is 0 Å². The maximum absolute atomic E-state index is 12.1. The average molecular weight is 339 g/mol. The molecule has 0 spiro atoms. The molecule has 0 radical (unpaired) electrons. The van der Waals surface area contributed by atoms with Crippen LogP contribution in [0.2, 0.25) is 0 Å². The molecule has 1 aromatic heterocycles. The highest BCUT2D eigenvalue weighted by Crippen LogP contribution is 2.26. The van der Waals surface area contributed by atoms with Crippen molar-refractivity contribution in [3.8, 4) is 0 Å². The van der Waals surface area contributed by atoms with Gasteiger partial charge in [-0.25, -0.2) is 13.1 Å². The molecular weight excluding hydrogens is 320 g/mol. The van der Waals surface area contributed by atoms with E-state index in [1.807, 2.05) is 6.92 Å².